The lowest BCUT2D eigenvalue weighted by Crippen LogP contribution is -2.27. The smallest absolute Gasteiger partial charge is 0.412 e. The first kappa shape index (κ1) is 24.1. The number of nitrogens with zero attached hydrogens (tertiary/aromatic N) is 3. The van der Waals surface area contributed by atoms with Gasteiger partial charge in [-0.25, -0.2) is 9.59 Å². The number of nitrogens with two attached hydrogens (primary N) is 1. The second-order valence-electron chi connectivity index (χ2n) is 8.23. The lowest BCUT2D eigenvalue weighted by molar-refractivity contribution is 0.0634. The van der Waals surface area contributed by atoms with E-state index in [9.17, 15) is 9.59 Å². The number of aromatic carboxylic acids is 1. The van der Waals surface area contributed by atoms with Crippen LogP contribution in [-0.2, 0) is 4.74 Å². The van der Waals surface area contributed by atoms with E-state index < -0.39 is 17.7 Å². The summed E-state index contributed by atoms with van der Waals surface area (Å²) in [7, 11) is 0. The number of carboxylic acids is 1. The Morgan fingerprint density at radius 2 is 1.56 bits per heavy atom. The minimum absolute atomic E-state index is 0.230. The average Bonchev–Trinajstić information content (AvgIpc) is 2.80. The predicted molar refractivity (Wildman–Crippen MR) is 130 cm³/mol. The molecule has 0 saturated heterocycles. The van der Waals surface area contributed by atoms with Crippen LogP contribution in [0, 0.1) is 0 Å². The fourth-order valence-corrected chi connectivity index (χ4v) is 2.91. The molecule has 9 heteroatoms. The van der Waals surface area contributed by atoms with Crippen LogP contribution in [0.15, 0.2) is 73.3 Å². The third-order valence-corrected chi connectivity index (χ3v) is 4.42. The predicted octanol–water partition coefficient (Wildman–Crippen LogP) is 5.01. The molecule has 34 heavy (non-hydrogen) atoms. The molecule has 0 unspecified atom stereocenters. The third kappa shape index (κ3) is 6.73. The van der Waals surface area contributed by atoms with Crippen molar-refractivity contribution in [2.24, 2.45) is 0 Å². The van der Waals surface area contributed by atoms with Crippen LogP contribution in [0.4, 0.5) is 16.2 Å². The number of carbonyl (C=O) groups is 2. The number of rotatable bonds is 3. The highest BCUT2D eigenvalue weighted by molar-refractivity contribution is 5.92. The van der Waals surface area contributed by atoms with Crippen LogP contribution in [0.1, 0.15) is 31.1 Å². The number of hydrogen-bond acceptors (Lipinski definition) is 7. The van der Waals surface area contributed by atoms with Crippen molar-refractivity contribution in [3.05, 3.63) is 78.9 Å². The van der Waals surface area contributed by atoms with Crippen LogP contribution < -0.4 is 11.1 Å². The van der Waals surface area contributed by atoms with Gasteiger partial charge in [-0.2, -0.15) is 0 Å². The molecular formula is C25H25N5O4. The van der Waals surface area contributed by atoms with E-state index in [-0.39, 0.29) is 5.56 Å². The maximum Gasteiger partial charge on any atom is 0.412 e. The summed E-state index contributed by atoms with van der Waals surface area (Å²) in [5.74, 6) is -0.951. The van der Waals surface area contributed by atoms with E-state index in [4.69, 9.17) is 15.6 Å². The highest BCUT2D eigenvalue weighted by Gasteiger charge is 2.17. The molecule has 0 saturated carbocycles. The van der Waals surface area contributed by atoms with E-state index in [0.29, 0.717) is 22.4 Å². The zero-order valence-electron chi connectivity index (χ0n) is 19.0. The van der Waals surface area contributed by atoms with Gasteiger partial charge in [0.1, 0.15) is 5.60 Å². The highest BCUT2D eigenvalue weighted by Crippen LogP contribution is 2.27. The SMILES string of the molecule is CC(C)(C)OC(=O)Nc1ccc(-c2ccncc2)cc1N.O=C(O)c1ccc2nccnc2c1. The first-order chi connectivity index (χ1) is 16.1. The molecule has 4 N–H and O–H groups in total. The molecule has 0 aliphatic rings. The first-order valence-corrected chi connectivity index (χ1v) is 10.4. The summed E-state index contributed by atoms with van der Waals surface area (Å²) in [6.45, 7) is 5.42. The summed E-state index contributed by atoms with van der Waals surface area (Å²) in [6.07, 6.45) is 6.03. The lowest BCUT2D eigenvalue weighted by atomic mass is 10.1. The van der Waals surface area contributed by atoms with Crippen LogP contribution >= 0.6 is 0 Å². The van der Waals surface area contributed by atoms with E-state index in [0.717, 1.165) is 11.1 Å². The fraction of sp³-hybridized carbons (Fsp3) is 0.160. The van der Waals surface area contributed by atoms with Gasteiger partial charge in [0.05, 0.1) is 28.0 Å². The standard InChI is InChI=1S/C16H19N3O2.C9H6N2O2/c1-16(2,3)21-15(20)19-14-5-4-12(10-13(14)17)11-6-8-18-9-7-11;12-9(13)6-1-2-7-8(5-6)11-4-3-10-7/h4-10H,17H2,1-3H3,(H,19,20);1-5H,(H,12,13). The molecule has 0 fully saturated rings. The second kappa shape index (κ2) is 10.4. The Labute approximate surface area is 196 Å². The van der Waals surface area contributed by atoms with Gasteiger partial charge in [-0.05, 0) is 74.4 Å². The zero-order valence-corrected chi connectivity index (χ0v) is 19.0. The van der Waals surface area contributed by atoms with Crippen molar-refractivity contribution in [1.29, 1.82) is 0 Å². The number of hydrogen-bond donors (Lipinski definition) is 3. The van der Waals surface area contributed by atoms with Crippen molar-refractivity contribution in [2.75, 3.05) is 11.1 Å². The molecule has 174 valence electrons. The summed E-state index contributed by atoms with van der Waals surface area (Å²) in [4.78, 5) is 34.3. The summed E-state index contributed by atoms with van der Waals surface area (Å²) < 4.78 is 5.20. The van der Waals surface area contributed by atoms with Crippen molar-refractivity contribution in [2.45, 2.75) is 26.4 Å². The molecular weight excluding hydrogens is 434 g/mol. The van der Waals surface area contributed by atoms with Gasteiger partial charge in [0, 0.05) is 24.8 Å². The zero-order chi connectivity index (χ0) is 24.7. The van der Waals surface area contributed by atoms with Gasteiger partial charge in [-0.3, -0.25) is 20.3 Å². The van der Waals surface area contributed by atoms with Crippen molar-refractivity contribution in [3.8, 4) is 11.1 Å². The van der Waals surface area contributed by atoms with Crippen LogP contribution in [0.25, 0.3) is 22.2 Å². The maximum absolute atomic E-state index is 11.7. The lowest BCUT2D eigenvalue weighted by Gasteiger charge is -2.20. The number of anilines is 2. The molecule has 0 aliphatic carbocycles. The quantitative estimate of drug-likeness (QED) is 0.363. The molecule has 4 rings (SSSR count). The minimum Gasteiger partial charge on any atom is -0.478 e. The van der Waals surface area contributed by atoms with Crippen molar-refractivity contribution >= 4 is 34.5 Å². The maximum atomic E-state index is 11.7. The minimum atomic E-state index is -0.951. The molecule has 2 aromatic carbocycles. The van der Waals surface area contributed by atoms with Gasteiger partial charge in [0.15, 0.2) is 0 Å². The molecule has 2 heterocycles. The number of pyridine rings is 1. The molecule has 0 aliphatic heterocycles. The number of aromatic nitrogens is 3. The molecule has 9 nitrogen and oxygen atoms in total. The van der Waals surface area contributed by atoms with E-state index in [1.807, 2.05) is 45.0 Å². The molecule has 0 bridgehead atoms. The van der Waals surface area contributed by atoms with Crippen LogP contribution in [0.2, 0.25) is 0 Å². The Hall–Kier alpha value is -4.53. The van der Waals surface area contributed by atoms with Crippen molar-refractivity contribution < 1.29 is 19.4 Å². The number of nitrogen functional groups attached to an aromatic ring is 1. The van der Waals surface area contributed by atoms with Gasteiger partial charge in [-0.15, -0.1) is 0 Å². The summed E-state index contributed by atoms with van der Waals surface area (Å²) >= 11 is 0. The third-order valence-electron chi connectivity index (χ3n) is 4.42. The Bertz CT molecular complexity index is 1300. The van der Waals surface area contributed by atoms with Crippen molar-refractivity contribution in [1.82, 2.24) is 15.0 Å². The Morgan fingerprint density at radius 1 is 0.882 bits per heavy atom. The van der Waals surface area contributed by atoms with E-state index in [2.05, 4.69) is 20.3 Å². The second-order valence-corrected chi connectivity index (χ2v) is 8.23. The number of carboxylic acid groups (broad SMARTS) is 1. The number of carbonyl (C=O) groups excluding carboxylic acids is 1. The van der Waals surface area contributed by atoms with Gasteiger partial charge in [-0.1, -0.05) is 6.07 Å². The van der Waals surface area contributed by atoms with E-state index >= 15 is 0 Å². The van der Waals surface area contributed by atoms with E-state index in [1.165, 1.54) is 18.3 Å². The molecule has 0 spiro atoms. The Balaban J connectivity index is 0.000000212. The number of amides is 1. The molecule has 1 amide bonds. The van der Waals surface area contributed by atoms with Gasteiger partial charge in [0.2, 0.25) is 0 Å². The number of ether oxygens (including phenoxy) is 1. The number of fused-ring (bicyclic) bond motifs is 1. The molecule has 2 aromatic heterocycles. The van der Waals surface area contributed by atoms with Gasteiger partial charge in [0.25, 0.3) is 0 Å². The van der Waals surface area contributed by atoms with Gasteiger partial charge < -0.3 is 15.6 Å². The van der Waals surface area contributed by atoms with Gasteiger partial charge >= 0.3 is 12.1 Å². The summed E-state index contributed by atoms with van der Waals surface area (Å²) in [5, 5.41) is 11.3. The average molecular weight is 460 g/mol. The van der Waals surface area contributed by atoms with Crippen LogP contribution in [0.5, 0.6) is 0 Å². The van der Waals surface area contributed by atoms with Crippen molar-refractivity contribution in [3.63, 3.8) is 0 Å². The fourth-order valence-electron chi connectivity index (χ4n) is 2.91. The monoisotopic (exact) mass is 459 g/mol. The van der Waals surface area contributed by atoms with E-state index in [1.54, 1.807) is 30.7 Å². The Morgan fingerprint density at radius 3 is 2.18 bits per heavy atom. The Kier molecular flexibility index (Phi) is 7.37. The molecule has 4 aromatic rings. The van der Waals surface area contributed by atoms with Crippen LogP contribution in [0.3, 0.4) is 0 Å². The highest BCUT2D eigenvalue weighted by atomic mass is 16.6. The molecule has 0 atom stereocenters. The largest absolute Gasteiger partial charge is 0.478 e. The summed E-state index contributed by atoms with van der Waals surface area (Å²) in [5.41, 5.74) is 9.96. The topological polar surface area (TPSA) is 140 Å². The first-order valence-electron chi connectivity index (χ1n) is 10.4. The number of benzene rings is 2. The normalized spacial score (nSPS) is 10.7. The molecule has 0 radical (unpaired) electrons. The number of nitrogens with one attached hydrogen (secondary N) is 1. The summed E-state index contributed by atoms with van der Waals surface area (Å²) in [6, 6.07) is 13.9. The van der Waals surface area contributed by atoms with Crippen LogP contribution in [-0.4, -0.2) is 37.7 Å².